The molecule has 2 aromatic carbocycles. The van der Waals surface area contributed by atoms with Gasteiger partial charge in [0.2, 0.25) is 0 Å². The lowest BCUT2D eigenvalue weighted by molar-refractivity contribution is -0.146. The van der Waals surface area contributed by atoms with Gasteiger partial charge in [-0.25, -0.2) is 0 Å². The van der Waals surface area contributed by atoms with Gasteiger partial charge in [0.1, 0.15) is 0 Å². The van der Waals surface area contributed by atoms with Gasteiger partial charge in [-0.2, -0.15) is 0 Å². The summed E-state index contributed by atoms with van der Waals surface area (Å²) in [6.45, 7) is 2.65. The standard InChI is InChI=1S/C26H29NO3/c1-2-3-4-10-18-30-26(29)21-15-11-17-23-24(21)20-14-8-9-16-22(20)27(23)25(28)19-12-6-5-7-13-19/h5-9,12-14,16,21H,2-4,10-11,15,17-18H2,1H3. The number of para-hydroxylation sites is 1. The molecule has 4 rings (SSSR count). The van der Waals surface area contributed by atoms with Crippen LogP contribution < -0.4 is 0 Å². The van der Waals surface area contributed by atoms with E-state index in [9.17, 15) is 9.59 Å². The van der Waals surface area contributed by atoms with Crippen molar-refractivity contribution in [1.29, 1.82) is 0 Å². The van der Waals surface area contributed by atoms with Crippen LogP contribution in [0.3, 0.4) is 0 Å². The molecule has 0 saturated carbocycles. The Morgan fingerprint density at radius 2 is 1.77 bits per heavy atom. The number of ether oxygens (including phenoxy) is 1. The van der Waals surface area contributed by atoms with Crippen molar-refractivity contribution >= 4 is 22.8 Å². The van der Waals surface area contributed by atoms with Crippen molar-refractivity contribution in [2.45, 2.75) is 57.8 Å². The summed E-state index contributed by atoms with van der Waals surface area (Å²) in [5, 5.41) is 0.990. The first-order valence-corrected chi connectivity index (χ1v) is 11.1. The van der Waals surface area contributed by atoms with Crippen LogP contribution in [0.2, 0.25) is 0 Å². The Kier molecular flexibility index (Phi) is 6.32. The van der Waals surface area contributed by atoms with Crippen LogP contribution in [0.4, 0.5) is 0 Å². The fraction of sp³-hybridized carbons (Fsp3) is 0.385. The molecule has 30 heavy (non-hydrogen) atoms. The molecule has 156 valence electrons. The summed E-state index contributed by atoms with van der Waals surface area (Å²) in [4.78, 5) is 26.4. The van der Waals surface area contributed by atoms with E-state index in [1.54, 1.807) is 0 Å². The fourth-order valence-corrected chi connectivity index (χ4v) is 4.55. The van der Waals surface area contributed by atoms with Crippen LogP contribution in [0.5, 0.6) is 0 Å². The molecule has 0 bridgehead atoms. The van der Waals surface area contributed by atoms with E-state index in [4.69, 9.17) is 4.74 Å². The molecule has 4 heteroatoms. The first kappa shape index (κ1) is 20.4. The monoisotopic (exact) mass is 403 g/mol. The lowest BCUT2D eigenvalue weighted by Gasteiger charge is -2.23. The van der Waals surface area contributed by atoms with Gasteiger partial charge in [-0.3, -0.25) is 14.2 Å². The van der Waals surface area contributed by atoms with Gasteiger partial charge in [0.15, 0.2) is 0 Å². The first-order valence-electron chi connectivity index (χ1n) is 11.1. The predicted octanol–water partition coefficient (Wildman–Crippen LogP) is 5.87. The number of esters is 1. The topological polar surface area (TPSA) is 48.3 Å². The van der Waals surface area contributed by atoms with E-state index in [0.29, 0.717) is 12.2 Å². The normalized spacial score (nSPS) is 15.7. The molecular formula is C26H29NO3. The Bertz CT molecular complexity index is 1040. The summed E-state index contributed by atoms with van der Waals surface area (Å²) in [6, 6.07) is 17.3. The van der Waals surface area contributed by atoms with E-state index in [2.05, 4.69) is 6.92 Å². The quantitative estimate of drug-likeness (QED) is 0.366. The Hall–Kier alpha value is -2.88. The van der Waals surface area contributed by atoms with Crippen molar-refractivity contribution < 1.29 is 14.3 Å². The molecule has 0 fully saturated rings. The molecule has 0 saturated heterocycles. The van der Waals surface area contributed by atoms with Crippen molar-refractivity contribution in [2.24, 2.45) is 0 Å². The third-order valence-electron chi connectivity index (χ3n) is 6.02. The largest absolute Gasteiger partial charge is 0.465 e. The summed E-state index contributed by atoms with van der Waals surface area (Å²) >= 11 is 0. The van der Waals surface area contributed by atoms with Gasteiger partial charge in [-0.05, 0) is 49.4 Å². The second-order valence-corrected chi connectivity index (χ2v) is 8.06. The van der Waals surface area contributed by atoms with Gasteiger partial charge in [0, 0.05) is 16.6 Å². The molecule has 3 aromatic rings. The number of rotatable bonds is 7. The maximum Gasteiger partial charge on any atom is 0.313 e. The summed E-state index contributed by atoms with van der Waals surface area (Å²) < 4.78 is 7.48. The molecule has 4 nitrogen and oxygen atoms in total. The zero-order valence-corrected chi connectivity index (χ0v) is 17.6. The minimum atomic E-state index is -0.297. The highest BCUT2D eigenvalue weighted by Gasteiger charge is 2.34. The van der Waals surface area contributed by atoms with Gasteiger partial charge in [-0.15, -0.1) is 0 Å². The van der Waals surface area contributed by atoms with Crippen LogP contribution in [-0.4, -0.2) is 23.1 Å². The van der Waals surface area contributed by atoms with E-state index in [-0.39, 0.29) is 17.8 Å². The highest BCUT2D eigenvalue weighted by molar-refractivity contribution is 6.05. The number of fused-ring (bicyclic) bond motifs is 3. The van der Waals surface area contributed by atoms with Gasteiger partial charge >= 0.3 is 5.97 Å². The number of hydrogen-bond donors (Lipinski definition) is 0. The molecule has 0 radical (unpaired) electrons. The van der Waals surface area contributed by atoms with Gasteiger partial charge < -0.3 is 4.74 Å². The van der Waals surface area contributed by atoms with Crippen LogP contribution in [0.15, 0.2) is 54.6 Å². The van der Waals surface area contributed by atoms with Crippen LogP contribution in [0.1, 0.15) is 73.0 Å². The average molecular weight is 404 g/mol. The zero-order chi connectivity index (χ0) is 20.9. The second-order valence-electron chi connectivity index (χ2n) is 8.06. The van der Waals surface area contributed by atoms with E-state index in [1.807, 2.05) is 59.2 Å². The van der Waals surface area contributed by atoms with Gasteiger partial charge in [-0.1, -0.05) is 62.6 Å². The number of benzene rings is 2. The predicted molar refractivity (Wildman–Crippen MR) is 119 cm³/mol. The van der Waals surface area contributed by atoms with Gasteiger partial charge in [0.25, 0.3) is 5.91 Å². The Labute approximate surface area is 177 Å². The number of carbonyl (C=O) groups is 2. The molecule has 1 aliphatic carbocycles. The molecule has 1 heterocycles. The maximum atomic E-state index is 13.4. The highest BCUT2D eigenvalue weighted by Crippen LogP contribution is 2.40. The molecule has 1 unspecified atom stereocenters. The van der Waals surface area contributed by atoms with Crippen LogP contribution in [-0.2, 0) is 16.0 Å². The minimum Gasteiger partial charge on any atom is -0.465 e. The Morgan fingerprint density at radius 1 is 1.00 bits per heavy atom. The lowest BCUT2D eigenvalue weighted by atomic mass is 9.85. The first-order chi connectivity index (χ1) is 14.7. The Morgan fingerprint density at radius 3 is 2.57 bits per heavy atom. The Balaban J connectivity index is 1.69. The van der Waals surface area contributed by atoms with Crippen molar-refractivity contribution in [2.75, 3.05) is 6.61 Å². The summed E-state index contributed by atoms with van der Waals surface area (Å²) in [5.74, 6) is -0.487. The van der Waals surface area contributed by atoms with E-state index in [0.717, 1.165) is 60.7 Å². The minimum absolute atomic E-state index is 0.0402. The van der Waals surface area contributed by atoms with E-state index < -0.39 is 0 Å². The molecule has 0 amide bonds. The number of carbonyl (C=O) groups excluding carboxylic acids is 2. The number of hydrogen-bond acceptors (Lipinski definition) is 3. The van der Waals surface area contributed by atoms with Gasteiger partial charge in [0.05, 0.1) is 18.0 Å². The van der Waals surface area contributed by atoms with E-state index in [1.165, 1.54) is 6.42 Å². The van der Waals surface area contributed by atoms with Crippen molar-refractivity contribution in [1.82, 2.24) is 4.57 Å². The highest BCUT2D eigenvalue weighted by atomic mass is 16.5. The number of nitrogens with zero attached hydrogens (tertiary/aromatic N) is 1. The molecule has 1 atom stereocenters. The number of aromatic nitrogens is 1. The lowest BCUT2D eigenvalue weighted by Crippen LogP contribution is -2.23. The second kappa shape index (κ2) is 9.29. The van der Waals surface area contributed by atoms with Crippen molar-refractivity contribution in [3.8, 4) is 0 Å². The maximum absolute atomic E-state index is 13.4. The third-order valence-corrected chi connectivity index (χ3v) is 6.02. The molecule has 0 aliphatic heterocycles. The molecular weight excluding hydrogens is 374 g/mol. The average Bonchev–Trinajstić information content (AvgIpc) is 3.13. The molecule has 1 aliphatic rings. The smallest absolute Gasteiger partial charge is 0.313 e. The molecule has 0 spiro atoms. The summed E-state index contributed by atoms with van der Waals surface area (Å²) in [6.07, 6.45) is 6.77. The molecule has 1 aromatic heterocycles. The zero-order valence-electron chi connectivity index (χ0n) is 17.6. The molecule has 0 N–H and O–H groups in total. The van der Waals surface area contributed by atoms with Crippen LogP contribution in [0, 0.1) is 0 Å². The van der Waals surface area contributed by atoms with Crippen molar-refractivity contribution in [3.05, 3.63) is 71.4 Å². The summed E-state index contributed by atoms with van der Waals surface area (Å²) in [5.41, 5.74) is 3.48. The third kappa shape index (κ3) is 3.91. The van der Waals surface area contributed by atoms with Crippen LogP contribution in [0.25, 0.3) is 10.9 Å². The summed E-state index contributed by atoms with van der Waals surface area (Å²) in [7, 11) is 0. The van der Waals surface area contributed by atoms with Crippen molar-refractivity contribution in [3.63, 3.8) is 0 Å². The SMILES string of the molecule is CCCCCCOC(=O)C1CCCc2c1c1ccccc1n2C(=O)c1ccccc1. The number of unbranched alkanes of at least 4 members (excludes halogenated alkanes) is 3. The van der Waals surface area contributed by atoms with Crippen LogP contribution >= 0.6 is 0 Å². The van der Waals surface area contributed by atoms with E-state index >= 15 is 0 Å². The fourth-order valence-electron chi connectivity index (χ4n) is 4.55.